The molecule has 0 spiro atoms. The number of nitrogens with zero attached hydrogens (tertiary/aromatic N) is 1. The molecule has 2 heterocycles. The molecule has 3 rings (SSSR count). The number of benzene rings is 1. The van der Waals surface area contributed by atoms with Gasteiger partial charge in [0.15, 0.2) is 5.60 Å². The molecule has 19 heavy (non-hydrogen) atoms. The van der Waals surface area contributed by atoms with E-state index in [1.54, 1.807) is 6.20 Å². The number of pyridine rings is 1. The molecular weight excluding hydrogens is 238 g/mol. The van der Waals surface area contributed by atoms with Crippen LogP contribution in [-0.2, 0) is 15.1 Å². The molecule has 0 N–H and O–H groups in total. The molecule has 0 aliphatic carbocycles. The molecule has 1 unspecified atom stereocenters. The number of cyclic esters (lactones) is 1. The zero-order valence-electron chi connectivity index (χ0n) is 10.4. The maximum Gasteiger partial charge on any atom is 0.334 e. The fourth-order valence-corrected chi connectivity index (χ4v) is 2.40. The van der Waals surface area contributed by atoms with E-state index < -0.39 is 5.60 Å². The second-order valence-electron chi connectivity index (χ2n) is 4.58. The van der Waals surface area contributed by atoms with Gasteiger partial charge in [0.2, 0.25) is 0 Å². The summed E-state index contributed by atoms with van der Waals surface area (Å²) in [7, 11) is 0. The molecule has 2 aromatic rings. The van der Waals surface area contributed by atoms with Crippen molar-refractivity contribution in [2.75, 3.05) is 0 Å². The number of carbonyl (C=O) groups excluding carboxylic acids is 1. The topological polar surface area (TPSA) is 39.2 Å². The van der Waals surface area contributed by atoms with Gasteiger partial charge in [-0.1, -0.05) is 43.0 Å². The lowest BCUT2D eigenvalue weighted by Gasteiger charge is -2.27. The number of carbonyl (C=O) groups is 1. The lowest BCUT2D eigenvalue weighted by molar-refractivity contribution is -0.144. The Balaban J connectivity index is 2.18. The Morgan fingerprint density at radius 2 is 1.84 bits per heavy atom. The third-order valence-electron chi connectivity index (χ3n) is 3.34. The Morgan fingerprint density at radius 3 is 2.42 bits per heavy atom. The first-order chi connectivity index (χ1) is 9.22. The number of esters is 1. The van der Waals surface area contributed by atoms with Crippen LogP contribution in [-0.4, -0.2) is 11.0 Å². The number of ether oxygens (including phenoxy) is 1. The van der Waals surface area contributed by atoms with Crippen molar-refractivity contribution >= 4 is 5.97 Å². The molecule has 1 aromatic heterocycles. The van der Waals surface area contributed by atoms with Crippen molar-refractivity contribution in [3.8, 4) is 0 Å². The zero-order chi connectivity index (χ0) is 13.3. The second-order valence-corrected chi connectivity index (χ2v) is 4.58. The van der Waals surface area contributed by atoms with E-state index in [-0.39, 0.29) is 5.97 Å². The van der Waals surface area contributed by atoms with Gasteiger partial charge in [0.05, 0.1) is 5.69 Å². The summed E-state index contributed by atoms with van der Waals surface area (Å²) in [6, 6.07) is 15.3. The van der Waals surface area contributed by atoms with Crippen LogP contribution < -0.4 is 0 Å². The summed E-state index contributed by atoms with van der Waals surface area (Å²) in [6.07, 6.45) is 2.14. The molecule has 1 saturated heterocycles. The van der Waals surface area contributed by atoms with Crippen molar-refractivity contribution in [1.29, 1.82) is 0 Å². The molecule has 1 fully saturated rings. The van der Waals surface area contributed by atoms with E-state index in [9.17, 15) is 4.79 Å². The lowest BCUT2D eigenvalue weighted by atomic mass is 9.86. The van der Waals surface area contributed by atoms with Gasteiger partial charge < -0.3 is 4.74 Å². The van der Waals surface area contributed by atoms with Crippen molar-refractivity contribution in [3.05, 3.63) is 78.1 Å². The van der Waals surface area contributed by atoms with Gasteiger partial charge in [-0.2, -0.15) is 0 Å². The van der Waals surface area contributed by atoms with Gasteiger partial charge in [-0.05, 0) is 12.1 Å². The van der Waals surface area contributed by atoms with Crippen molar-refractivity contribution in [3.63, 3.8) is 0 Å². The second kappa shape index (κ2) is 4.35. The molecular formula is C16H13NO2. The molecule has 3 nitrogen and oxygen atoms in total. The molecule has 0 radical (unpaired) electrons. The Kier molecular flexibility index (Phi) is 2.67. The predicted octanol–water partition coefficient (Wildman–Crippen LogP) is 2.83. The van der Waals surface area contributed by atoms with E-state index in [4.69, 9.17) is 4.74 Å². The molecule has 1 aromatic carbocycles. The third kappa shape index (κ3) is 1.83. The smallest absolute Gasteiger partial charge is 0.334 e. The fourth-order valence-electron chi connectivity index (χ4n) is 2.40. The molecule has 1 atom stereocenters. The highest BCUT2D eigenvalue weighted by Gasteiger charge is 2.46. The first kappa shape index (κ1) is 11.7. The minimum absolute atomic E-state index is 0.352. The maximum absolute atomic E-state index is 11.8. The molecule has 0 saturated carbocycles. The highest BCUT2D eigenvalue weighted by molar-refractivity contribution is 5.91. The number of rotatable bonds is 2. The Bertz CT molecular complexity index is 562. The van der Waals surface area contributed by atoms with Crippen LogP contribution in [0.5, 0.6) is 0 Å². The van der Waals surface area contributed by atoms with Gasteiger partial charge >= 0.3 is 5.97 Å². The zero-order valence-corrected chi connectivity index (χ0v) is 10.4. The monoisotopic (exact) mass is 251 g/mol. The molecule has 3 heteroatoms. The highest BCUT2D eigenvalue weighted by atomic mass is 16.6. The van der Waals surface area contributed by atoms with Crippen molar-refractivity contribution < 1.29 is 9.53 Å². The molecule has 1 aliphatic heterocycles. The van der Waals surface area contributed by atoms with E-state index in [0.717, 1.165) is 11.3 Å². The average molecular weight is 251 g/mol. The fraction of sp³-hybridized carbons (Fsp3) is 0.125. The van der Waals surface area contributed by atoms with Crippen LogP contribution in [0.4, 0.5) is 0 Å². The summed E-state index contributed by atoms with van der Waals surface area (Å²) in [4.78, 5) is 16.1. The summed E-state index contributed by atoms with van der Waals surface area (Å²) >= 11 is 0. The first-order valence-electron chi connectivity index (χ1n) is 6.10. The Labute approximate surface area is 111 Å². The number of hydrogen-bond acceptors (Lipinski definition) is 3. The largest absolute Gasteiger partial charge is 0.444 e. The van der Waals surface area contributed by atoms with Crippen LogP contribution in [0.2, 0.25) is 0 Å². The third-order valence-corrected chi connectivity index (χ3v) is 3.34. The molecule has 0 amide bonds. The maximum atomic E-state index is 11.8. The summed E-state index contributed by atoms with van der Waals surface area (Å²) < 4.78 is 5.63. The SMILES string of the molecule is C=C1CC(c2ccccc2)(c2ccccn2)OC1=O. The van der Waals surface area contributed by atoms with Crippen LogP contribution in [0.15, 0.2) is 66.9 Å². The minimum atomic E-state index is -0.837. The van der Waals surface area contributed by atoms with Gasteiger partial charge in [-0.15, -0.1) is 0 Å². The Morgan fingerprint density at radius 1 is 1.11 bits per heavy atom. The summed E-state index contributed by atoms with van der Waals surface area (Å²) in [5.41, 5.74) is 1.29. The summed E-state index contributed by atoms with van der Waals surface area (Å²) in [6.45, 7) is 3.78. The lowest BCUT2D eigenvalue weighted by Crippen LogP contribution is -2.28. The number of hydrogen-bond donors (Lipinski definition) is 0. The van der Waals surface area contributed by atoms with Gasteiger partial charge in [0, 0.05) is 23.8 Å². The van der Waals surface area contributed by atoms with Crippen LogP contribution in [0, 0.1) is 0 Å². The molecule has 0 bridgehead atoms. The standard InChI is InChI=1S/C16H13NO2/c1-12-11-16(19-15(12)18,13-7-3-2-4-8-13)14-9-5-6-10-17-14/h2-10H,1,11H2. The number of aromatic nitrogens is 1. The molecule has 1 aliphatic rings. The van der Waals surface area contributed by atoms with Crippen LogP contribution in [0.1, 0.15) is 17.7 Å². The van der Waals surface area contributed by atoms with Crippen LogP contribution in [0.3, 0.4) is 0 Å². The van der Waals surface area contributed by atoms with E-state index in [1.165, 1.54) is 0 Å². The van der Waals surface area contributed by atoms with Gasteiger partial charge in [-0.25, -0.2) is 4.79 Å². The van der Waals surface area contributed by atoms with Crippen molar-refractivity contribution in [1.82, 2.24) is 4.98 Å². The van der Waals surface area contributed by atoms with E-state index >= 15 is 0 Å². The summed E-state index contributed by atoms with van der Waals surface area (Å²) in [5.74, 6) is -0.352. The van der Waals surface area contributed by atoms with E-state index in [0.29, 0.717) is 12.0 Å². The van der Waals surface area contributed by atoms with E-state index in [2.05, 4.69) is 11.6 Å². The van der Waals surface area contributed by atoms with Crippen LogP contribution >= 0.6 is 0 Å². The minimum Gasteiger partial charge on any atom is -0.444 e. The van der Waals surface area contributed by atoms with Gasteiger partial charge in [-0.3, -0.25) is 4.98 Å². The van der Waals surface area contributed by atoms with Gasteiger partial charge in [0.25, 0.3) is 0 Å². The normalized spacial score (nSPS) is 22.3. The van der Waals surface area contributed by atoms with Crippen molar-refractivity contribution in [2.45, 2.75) is 12.0 Å². The average Bonchev–Trinajstić information content (AvgIpc) is 2.78. The predicted molar refractivity (Wildman–Crippen MR) is 71.3 cm³/mol. The first-order valence-corrected chi connectivity index (χ1v) is 6.10. The van der Waals surface area contributed by atoms with E-state index in [1.807, 2.05) is 48.5 Å². The van der Waals surface area contributed by atoms with Gasteiger partial charge in [0.1, 0.15) is 0 Å². The van der Waals surface area contributed by atoms with Crippen LogP contribution in [0.25, 0.3) is 0 Å². The molecule has 94 valence electrons. The van der Waals surface area contributed by atoms with Crippen molar-refractivity contribution in [2.24, 2.45) is 0 Å². The quantitative estimate of drug-likeness (QED) is 0.608. The highest BCUT2D eigenvalue weighted by Crippen LogP contribution is 2.43. The summed E-state index contributed by atoms with van der Waals surface area (Å²) in [5, 5.41) is 0. The Hall–Kier alpha value is -2.42.